The van der Waals surface area contributed by atoms with E-state index >= 15 is 0 Å². The van der Waals surface area contributed by atoms with Crippen molar-refractivity contribution in [3.63, 3.8) is 0 Å². The second-order valence-corrected chi connectivity index (χ2v) is 5.74. The highest BCUT2D eigenvalue weighted by atomic mass is 15.1. The van der Waals surface area contributed by atoms with Crippen molar-refractivity contribution in [2.24, 2.45) is 5.92 Å². The van der Waals surface area contributed by atoms with Crippen LogP contribution in [0.2, 0.25) is 0 Å². The van der Waals surface area contributed by atoms with Crippen molar-refractivity contribution in [2.45, 2.75) is 46.2 Å². The molecule has 3 nitrogen and oxygen atoms in total. The molecule has 0 aromatic carbocycles. The van der Waals surface area contributed by atoms with Gasteiger partial charge in [-0.2, -0.15) is 0 Å². The van der Waals surface area contributed by atoms with Crippen LogP contribution in [-0.4, -0.2) is 35.6 Å². The highest BCUT2D eigenvalue weighted by Gasteiger charge is 2.22. The van der Waals surface area contributed by atoms with Crippen molar-refractivity contribution < 1.29 is 0 Å². The molecule has 0 saturated carbocycles. The molecule has 106 valence electrons. The Labute approximate surface area is 117 Å². The SMILES string of the molecule is CCN1CCC(C(C)NCc2cnccc2C)CC1. The predicted octanol–water partition coefficient (Wildman–Crippen LogP) is 2.60. The zero-order valence-electron chi connectivity index (χ0n) is 12.5. The lowest BCUT2D eigenvalue weighted by Gasteiger charge is -2.34. The zero-order chi connectivity index (χ0) is 13.7. The third-order valence-corrected chi connectivity index (χ3v) is 4.55. The molecule has 1 aliphatic heterocycles. The van der Waals surface area contributed by atoms with E-state index in [4.69, 9.17) is 0 Å². The van der Waals surface area contributed by atoms with Gasteiger partial charge in [-0.3, -0.25) is 4.98 Å². The average molecular weight is 261 g/mol. The molecular formula is C16H27N3. The molecule has 1 aromatic heterocycles. The van der Waals surface area contributed by atoms with Crippen LogP contribution in [-0.2, 0) is 6.54 Å². The van der Waals surface area contributed by atoms with Gasteiger partial charge in [-0.1, -0.05) is 6.92 Å². The molecule has 0 bridgehead atoms. The van der Waals surface area contributed by atoms with Crippen LogP contribution in [0.5, 0.6) is 0 Å². The largest absolute Gasteiger partial charge is 0.310 e. The lowest BCUT2D eigenvalue weighted by molar-refractivity contribution is 0.168. The zero-order valence-corrected chi connectivity index (χ0v) is 12.5. The van der Waals surface area contributed by atoms with Gasteiger partial charge in [-0.25, -0.2) is 0 Å². The van der Waals surface area contributed by atoms with Crippen LogP contribution in [0.15, 0.2) is 18.5 Å². The van der Waals surface area contributed by atoms with Crippen LogP contribution >= 0.6 is 0 Å². The van der Waals surface area contributed by atoms with Crippen LogP contribution < -0.4 is 5.32 Å². The highest BCUT2D eigenvalue weighted by Crippen LogP contribution is 2.20. The predicted molar refractivity (Wildman–Crippen MR) is 80.1 cm³/mol. The number of aryl methyl sites for hydroxylation is 1. The van der Waals surface area contributed by atoms with Gasteiger partial charge >= 0.3 is 0 Å². The summed E-state index contributed by atoms with van der Waals surface area (Å²) in [6.45, 7) is 11.4. The van der Waals surface area contributed by atoms with E-state index in [-0.39, 0.29) is 0 Å². The fourth-order valence-corrected chi connectivity index (χ4v) is 2.89. The van der Waals surface area contributed by atoms with Gasteiger partial charge in [-0.15, -0.1) is 0 Å². The minimum atomic E-state index is 0.596. The minimum absolute atomic E-state index is 0.596. The fraction of sp³-hybridized carbons (Fsp3) is 0.688. The topological polar surface area (TPSA) is 28.2 Å². The monoisotopic (exact) mass is 261 g/mol. The van der Waals surface area contributed by atoms with Gasteiger partial charge in [-0.05, 0) is 69.4 Å². The minimum Gasteiger partial charge on any atom is -0.310 e. The van der Waals surface area contributed by atoms with Crippen LogP contribution in [0.25, 0.3) is 0 Å². The van der Waals surface area contributed by atoms with Gasteiger partial charge < -0.3 is 10.2 Å². The Balaban J connectivity index is 1.79. The Morgan fingerprint density at radius 3 is 2.79 bits per heavy atom. The van der Waals surface area contributed by atoms with Gasteiger partial charge in [0.05, 0.1) is 0 Å². The van der Waals surface area contributed by atoms with Crippen molar-refractivity contribution in [1.82, 2.24) is 15.2 Å². The summed E-state index contributed by atoms with van der Waals surface area (Å²) >= 11 is 0. The Kier molecular flexibility index (Phi) is 5.34. The Morgan fingerprint density at radius 1 is 1.42 bits per heavy atom. The second kappa shape index (κ2) is 7.01. The molecule has 2 rings (SSSR count). The number of rotatable bonds is 5. The molecule has 1 aliphatic rings. The first kappa shape index (κ1) is 14.5. The summed E-state index contributed by atoms with van der Waals surface area (Å²) in [7, 11) is 0. The maximum atomic E-state index is 4.21. The molecule has 1 unspecified atom stereocenters. The van der Waals surface area contributed by atoms with Gasteiger partial charge in [0.2, 0.25) is 0 Å². The first-order valence-electron chi connectivity index (χ1n) is 7.56. The number of hydrogen-bond acceptors (Lipinski definition) is 3. The van der Waals surface area contributed by atoms with Crippen molar-refractivity contribution in [2.75, 3.05) is 19.6 Å². The molecule has 1 atom stereocenters. The van der Waals surface area contributed by atoms with E-state index in [0.29, 0.717) is 6.04 Å². The normalized spacial score (nSPS) is 19.5. The first-order chi connectivity index (χ1) is 9.20. The molecule has 0 amide bonds. The average Bonchev–Trinajstić information content (AvgIpc) is 2.46. The smallest absolute Gasteiger partial charge is 0.0315 e. The maximum Gasteiger partial charge on any atom is 0.0315 e. The number of nitrogens with zero attached hydrogens (tertiary/aromatic N) is 2. The van der Waals surface area contributed by atoms with Crippen LogP contribution in [0, 0.1) is 12.8 Å². The number of nitrogens with one attached hydrogen (secondary N) is 1. The van der Waals surface area contributed by atoms with Gasteiger partial charge in [0, 0.05) is 25.0 Å². The Hall–Kier alpha value is -0.930. The summed E-state index contributed by atoms with van der Waals surface area (Å²) in [6, 6.07) is 2.68. The van der Waals surface area contributed by atoms with Crippen molar-refractivity contribution in [3.05, 3.63) is 29.6 Å². The van der Waals surface area contributed by atoms with Gasteiger partial charge in [0.25, 0.3) is 0 Å². The number of hydrogen-bond donors (Lipinski definition) is 1. The molecule has 1 N–H and O–H groups in total. The molecule has 0 spiro atoms. The first-order valence-corrected chi connectivity index (χ1v) is 7.56. The molecule has 2 heterocycles. The van der Waals surface area contributed by atoms with E-state index in [1.165, 1.54) is 43.6 Å². The fourth-order valence-electron chi connectivity index (χ4n) is 2.89. The van der Waals surface area contributed by atoms with E-state index in [0.717, 1.165) is 12.5 Å². The lowest BCUT2D eigenvalue weighted by atomic mass is 9.90. The van der Waals surface area contributed by atoms with E-state index in [9.17, 15) is 0 Å². The molecule has 3 heteroatoms. The lowest BCUT2D eigenvalue weighted by Crippen LogP contribution is -2.41. The summed E-state index contributed by atoms with van der Waals surface area (Å²) in [5.74, 6) is 0.819. The molecule has 1 fully saturated rings. The van der Waals surface area contributed by atoms with Crippen molar-refractivity contribution >= 4 is 0 Å². The van der Waals surface area contributed by atoms with E-state index < -0.39 is 0 Å². The molecule has 1 aromatic rings. The third-order valence-electron chi connectivity index (χ3n) is 4.55. The second-order valence-electron chi connectivity index (χ2n) is 5.74. The van der Waals surface area contributed by atoms with Crippen LogP contribution in [0.4, 0.5) is 0 Å². The van der Waals surface area contributed by atoms with E-state index in [1.807, 2.05) is 12.4 Å². The molecule has 19 heavy (non-hydrogen) atoms. The molecule has 1 saturated heterocycles. The Morgan fingerprint density at radius 2 is 2.16 bits per heavy atom. The molecular weight excluding hydrogens is 234 g/mol. The maximum absolute atomic E-state index is 4.21. The molecule has 0 radical (unpaired) electrons. The van der Waals surface area contributed by atoms with E-state index in [2.05, 4.69) is 42.0 Å². The standard InChI is InChI=1S/C16H27N3/c1-4-19-9-6-15(7-10-19)14(3)18-12-16-11-17-8-5-13(16)2/h5,8,11,14-15,18H,4,6-7,9-10,12H2,1-3H3. The summed E-state index contributed by atoms with van der Waals surface area (Å²) in [6.07, 6.45) is 6.50. The summed E-state index contributed by atoms with van der Waals surface area (Å²) in [5.41, 5.74) is 2.65. The summed E-state index contributed by atoms with van der Waals surface area (Å²) in [5, 5.41) is 3.68. The van der Waals surface area contributed by atoms with Gasteiger partial charge in [0.15, 0.2) is 0 Å². The van der Waals surface area contributed by atoms with Crippen LogP contribution in [0.1, 0.15) is 37.8 Å². The summed E-state index contributed by atoms with van der Waals surface area (Å²) < 4.78 is 0. The number of likely N-dealkylation sites (tertiary alicyclic amines) is 1. The number of piperidine rings is 1. The summed E-state index contributed by atoms with van der Waals surface area (Å²) in [4.78, 5) is 6.76. The molecule has 0 aliphatic carbocycles. The van der Waals surface area contributed by atoms with Crippen molar-refractivity contribution in [1.29, 1.82) is 0 Å². The third kappa shape index (κ3) is 4.02. The van der Waals surface area contributed by atoms with E-state index in [1.54, 1.807) is 0 Å². The van der Waals surface area contributed by atoms with Gasteiger partial charge in [0.1, 0.15) is 0 Å². The quantitative estimate of drug-likeness (QED) is 0.883. The van der Waals surface area contributed by atoms with Crippen molar-refractivity contribution in [3.8, 4) is 0 Å². The number of aromatic nitrogens is 1. The van der Waals surface area contributed by atoms with Crippen LogP contribution in [0.3, 0.4) is 0 Å². The highest BCUT2D eigenvalue weighted by molar-refractivity contribution is 5.21. The Bertz CT molecular complexity index is 383. The number of pyridine rings is 1.